The Morgan fingerprint density at radius 2 is 1.82 bits per heavy atom. The molecule has 11 heteroatoms. The van der Waals surface area contributed by atoms with Gasteiger partial charge in [0.05, 0.1) is 18.8 Å². The molecule has 6 rings (SSSR count). The number of alkyl halides is 3. The first kappa shape index (κ1) is 23.3. The minimum absolute atomic E-state index is 0.118. The summed E-state index contributed by atoms with van der Waals surface area (Å²) in [5.41, 5.74) is -2.70. The second-order valence-corrected chi connectivity index (χ2v) is 10.3. The minimum Gasteiger partial charge on any atom is -0.459 e. The number of aromatic nitrogens is 2. The summed E-state index contributed by atoms with van der Waals surface area (Å²) in [5.74, 6) is -0.499. The van der Waals surface area contributed by atoms with Crippen LogP contribution >= 0.6 is 0 Å². The molecular weight excluding hydrogens is 453 g/mol. The SMILES string of the molecule is CC(=O)OC12CCC3(Nc4ncc(C(=O)N5CCOCC5)c(C(F)(F)F)n4)CC(CC(C3)C1)C2. The highest BCUT2D eigenvalue weighted by atomic mass is 19.4. The molecule has 2 heterocycles. The Kier molecular flexibility index (Phi) is 5.73. The number of morpholine rings is 1. The van der Waals surface area contributed by atoms with Gasteiger partial charge in [0.15, 0.2) is 5.69 Å². The molecule has 4 bridgehead atoms. The summed E-state index contributed by atoms with van der Waals surface area (Å²) in [6.45, 7) is 2.45. The van der Waals surface area contributed by atoms with Gasteiger partial charge in [-0.2, -0.15) is 13.2 Å². The molecule has 1 amide bonds. The molecule has 34 heavy (non-hydrogen) atoms. The van der Waals surface area contributed by atoms with Gasteiger partial charge in [0.2, 0.25) is 5.95 Å². The van der Waals surface area contributed by atoms with Crippen molar-refractivity contribution in [2.75, 3.05) is 31.6 Å². The van der Waals surface area contributed by atoms with Crippen LogP contribution in [0.15, 0.2) is 6.20 Å². The van der Waals surface area contributed by atoms with Gasteiger partial charge in [-0.25, -0.2) is 9.97 Å². The Labute approximate surface area is 195 Å². The molecular formula is C23H29F3N4O4. The predicted molar refractivity (Wildman–Crippen MR) is 114 cm³/mol. The molecule has 1 aliphatic heterocycles. The highest BCUT2D eigenvalue weighted by molar-refractivity contribution is 5.95. The van der Waals surface area contributed by atoms with Crippen molar-refractivity contribution in [3.63, 3.8) is 0 Å². The van der Waals surface area contributed by atoms with Crippen LogP contribution in [-0.4, -0.2) is 64.2 Å². The van der Waals surface area contributed by atoms with Crippen molar-refractivity contribution in [2.45, 2.75) is 69.2 Å². The first-order valence-electron chi connectivity index (χ1n) is 11.9. The molecule has 8 nitrogen and oxygen atoms in total. The number of amides is 1. The summed E-state index contributed by atoms with van der Waals surface area (Å²) in [7, 11) is 0. The van der Waals surface area contributed by atoms with E-state index in [1.165, 1.54) is 11.8 Å². The first-order chi connectivity index (χ1) is 16.1. The van der Waals surface area contributed by atoms with Gasteiger partial charge in [0.25, 0.3) is 5.91 Å². The molecule has 4 saturated carbocycles. The topological polar surface area (TPSA) is 93.6 Å². The van der Waals surface area contributed by atoms with Crippen molar-refractivity contribution in [1.29, 1.82) is 0 Å². The zero-order valence-electron chi connectivity index (χ0n) is 19.1. The predicted octanol–water partition coefficient (Wildman–Crippen LogP) is 3.42. The molecule has 5 aliphatic rings. The first-order valence-corrected chi connectivity index (χ1v) is 11.9. The molecule has 1 saturated heterocycles. The fourth-order valence-corrected chi connectivity index (χ4v) is 6.74. The quantitative estimate of drug-likeness (QED) is 0.658. The van der Waals surface area contributed by atoms with E-state index in [1.807, 2.05) is 0 Å². The number of anilines is 1. The normalized spacial score (nSPS) is 32.9. The van der Waals surface area contributed by atoms with Gasteiger partial charge in [-0.15, -0.1) is 0 Å². The summed E-state index contributed by atoms with van der Waals surface area (Å²) in [6.07, 6.45) is 1.66. The highest BCUT2D eigenvalue weighted by Crippen LogP contribution is 2.56. The third kappa shape index (κ3) is 4.46. The van der Waals surface area contributed by atoms with Crippen molar-refractivity contribution in [3.8, 4) is 0 Å². The monoisotopic (exact) mass is 482 g/mol. The molecule has 4 aliphatic carbocycles. The summed E-state index contributed by atoms with van der Waals surface area (Å²) in [4.78, 5) is 33.8. The van der Waals surface area contributed by atoms with Gasteiger partial charge in [-0.3, -0.25) is 9.59 Å². The van der Waals surface area contributed by atoms with Crippen LogP contribution in [0.25, 0.3) is 0 Å². The van der Waals surface area contributed by atoms with E-state index >= 15 is 0 Å². The van der Waals surface area contributed by atoms with Gasteiger partial charge in [0.1, 0.15) is 5.60 Å². The summed E-state index contributed by atoms with van der Waals surface area (Å²) < 4.78 is 52.8. The molecule has 0 spiro atoms. The zero-order valence-corrected chi connectivity index (χ0v) is 19.1. The van der Waals surface area contributed by atoms with Crippen LogP contribution in [0.2, 0.25) is 0 Å². The minimum atomic E-state index is -4.80. The van der Waals surface area contributed by atoms with Gasteiger partial charge in [-0.1, -0.05) is 0 Å². The average molecular weight is 483 g/mol. The maximum Gasteiger partial charge on any atom is 0.434 e. The van der Waals surface area contributed by atoms with Crippen LogP contribution in [0, 0.1) is 11.8 Å². The number of ether oxygens (including phenoxy) is 2. The van der Waals surface area contributed by atoms with Gasteiger partial charge < -0.3 is 19.7 Å². The fourth-order valence-electron chi connectivity index (χ4n) is 6.74. The lowest BCUT2D eigenvalue weighted by atomic mass is 9.64. The summed E-state index contributed by atoms with van der Waals surface area (Å²) in [6, 6.07) is 0. The van der Waals surface area contributed by atoms with Crippen molar-refractivity contribution >= 4 is 17.8 Å². The third-order valence-electron chi connectivity index (χ3n) is 7.73. The van der Waals surface area contributed by atoms with E-state index in [1.54, 1.807) is 0 Å². The number of hydrogen-bond donors (Lipinski definition) is 1. The van der Waals surface area contributed by atoms with Gasteiger partial charge in [-0.05, 0) is 56.8 Å². The summed E-state index contributed by atoms with van der Waals surface area (Å²) in [5, 5.41) is 3.24. The number of rotatable bonds is 4. The zero-order chi connectivity index (χ0) is 24.1. The Hall–Kier alpha value is -2.43. The van der Waals surface area contributed by atoms with Crippen molar-refractivity contribution in [3.05, 3.63) is 17.5 Å². The van der Waals surface area contributed by atoms with Crippen LogP contribution in [0.1, 0.15) is 67.9 Å². The molecule has 0 aromatic carbocycles. The van der Waals surface area contributed by atoms with E-state index < -0.39 is 34.5 Å². The lowest BCUT2D eigenvalue weighted by molar-refractivity contribution is -0.165. The second kappa shape index (κ2) is 8.35. The standard InChI is InChI=1S/C23H29F3N4O4/c1-14(31)34-22-3-2-21(9-15(11-22)8-16(10-21)12-22)29-20-27-13-17(18(28-20)23(24,25)26)19(32)30-4-6-33-7-5-30/h13,15-16H,2-12H2,1H3,(H,27,28,29). The molecule has 2 unspecified atom stereocenters. The molecule has 0 radical (unpaired) electrons. The second-order valence-electron chi connectivity index (χ2n) is 10.3. The van der Waals surface area contributed by atoms with Crippen molar-refractivity contribution in [2.24, 2.45) is 11.8 Å². The molecule has 1 aromatic heterocycles. The van der Waals surface area contributed by atoms with Crippen LogP contribution < -0.4 is 5.32 Å². The van der Waals surface area contributed by atoms with E-state index in [9.17, 15) is 22.8 Å². The molecule has 186 valence electrons. The Morgan fingerprint density at radius 3 is 2.44 bits per heavy atom. The average Bonchev–Trinajstić information content (AvgIpc) is 2.93. The van der Waals surface area contributed by atoms with Crippen LogP contribution in [0.4, 0.5) is 19.1 Å². The van der Waals surface area contributed by atoms with Gasteiger partial charge >= 0.3 is 12.1 Å². The Balaban J connectivity index is 1.41. The highest BCUT2D eigenvalue weighted by Gasteiger charge is 2.55. The van der Waals surface area contributed by atoms with Crippen molar-refractivity contribution in [1.82, 2.24) is 14.9 Å². The Bertz CT molecular complexity index is 965. The maximum atomic E-state index is 13.9. The molecule has 5 fully saturated rings. The molecule has 1 aromatic rings. The Morgan fingerprint density at radius 1 is 1.15 bits per heavy atom. The number of hydrogen-bond acceptors (Lipinski definition) is 7. The van der Waals surface area contributed by atoms with Crippen molar-refractivity contribution < 1.29 is 32.2 Å². The van der Waals surface area contributed by atoms with Crippen LogP contribution in [0.5, 0.6) is 0 Å². The lowest BCUT2D eigenvalue weighted by Gasteiger charge is -2.48. The van der Waals surface area contributed by atoms with Gasteiger partial charge in [0, 0.05) is 31.7 Å². The number of carbonyl (C=O) groups excluding carboxylic acids is 2. The third-order valence-corrected chi connectivity index (χ3v) is 7.73. The van der Waals surface area contributed by atoms with Crippen LogP contribution in [0.3, 0.4) is 0 Å². The van der Waals surface area contributed by atoms with E-state index in [0.29, 0.717) is 24.7 Å². The van der Waals surface area contributed by atoms with Crippen LogP contribution in [-0.2, 0) is 20.4 Å². The molecule has 2 atom stereocenters. The molecule has 1 N–H and O–H groups in total. The number of fused-ring (bicyclic) bond motifs is 1. The summed E-state index contributed by atoms with van der Waals surface area (Å²) >= 11 is 0. The maximum absolute atomic E-state index is 13.9. The van der Waals surface area contributed by atoms with E-state index in [2.05, 4.69) is 15.3 Å². The fraction of sp³-hybridized carbons (Fsp3) is 0.739. The van der Waals surface area contributed by atoms with E-state index in [0.717, 1.165) is 38.3 Å². The smallest absolute Gasteiger partial charge is 0.434 e. The number of nitrogens with one attached hydrogen (secondary N) is 1. The number of carbonyl (C=O) groups is 2. The van der Waals surface area contributed by atoms with E-state index in [4.69, 9.17) is 9.47 Å². The van der Waals surface area contributed by atoms with E-state index in [-0.39, 0.29) is 38.2 Å². The number of halogens is 3. The number of esters is 1. The lowest BCUT2D eigenvalue weighted by Crippen LogP contribution is -2.48. The number of nitrogens with zero attached hydrogens (tertiary/aromatic N) is 3. The largest absolute Gasteiger partial charge is 0.459 e.